The molecule has 23 heavy (non-hydrogen) atoms. The van der Waals surface area contributed by atoms with E-state index in [4.69, 9.17) is 23.2 Å². The van der Waals surface area contributed by atoms with Crippen molar-refractivity contribution in [3.63, 3.8) is 0 Å². The number of nitrogens with zero attached hydrogens (tertiary/aromatic N) is 4. The summed E-state index contributed by atoms with van der Waals surface area (Å²) in [6, 6.07) is 1.34. The van der Waals surface area contributed by atoms with Gasteiger partial charge < -0.3 is 0 Å². The molecule has 0 aromatic carbocycles. The predicted octanol–water partition coefficient (Wildman–Crippen LogP) is 2.29. The van der Waals surface area contributed by atoms with Gasteiger partial charge in [-0.15, -0.1) is 0 Å². The zero-order chi connectivity index (χ0) is 16.7. The lowest BCUT2D eigenvalue weighted by Gasteiger charge is -2.13. The number of rotatable bonds is 2. The largest absolute Gasteiger partial charge is 0.335 e. The van der Waals surface area contributed by atoms with E-state index in [1.807, 2.05) is 13.8 Å². The molecule has 9 heteroatoms. The summed E-state index contributed by atoms with van der Waals surface area (Å²) in [6.07, 6.45) is 2.99. The van der Waals surface area contributed by atoms with Crippen LogP contribution in [0.4, 0.5) is 0 Å². The summed E-state index contributed by atoms with van der Waals surface area (Å²) in [5, 5.41) is 0.234. The van der Waals surface area contributed by atoms with Crippen LogP contribution in [0.3, 0.4) is 0 Å². The maximum atomic E-state index is 12.4. The molecule has 0 aliphatic rings. The fourth-order valence-electron chi connectivity index (χ4n) is 2.27. The van der Waals surface area contributed by atoms with Gasteiger partial charge in [-0.2, -0.15) is 0 Å². The average Bonchev–Trinajstić information content (AvgIpc) is 2.46. The van der Waals surface area contributed by atoms with Crippen molar-refractivity contribution in [3.05, 3.63) is 55.2 Å². The van der Waals surface area contributed by atoms with Crippen molar-refractivity contribution in [2.75, 3.05) is 0 Å². The molecule has 0 unspecified atom stereocenters. The second-order valence-corrected chi connectivity index (χ2v) is 5.93. The molecule has 1 N–H and O–H groups in total. The average molecular weight is 352 g/mol. The number of halogens is 2. The summed E-state index contributed by atoms with van der Waals surface area (Å²) in [6.45, 7) is 3.83. The third-order valence-electron chi connectivity index (χ3n) is 3.25. The zero-order valence-electron chi connectivity index (χ0n) is 12.2. The normalized spacial score (nSPS) is 11.3. The van der Waals surface area contributed by atoms with Crippen molar-refractivity contribution in [2.24, 2.45) is 0 Å². The molecular weight excluding hydrogens is 341 g/mol. The van der Waals surface area contributed by atoms with Gasteiger partial charge in [0.1, 0.15) is 10.5 Å². The zero-order valence-corrected chi connectivity index (χ0v) is 13.7. The summed E-state index contributed by atoms with van der Waals surface area (Å²) in [4.78, 5) is 39.2. The molecule has 3 rings (SSSR count). The van der Waals surface area contributed by atoms with Gasteiger partial charge in [0.05, 0.1) is 10.7 Å². The molecule has 0 spiro atoms. The van der Waals surface area contributed by atoms with E-state index in [1.54, 1.807) is 0 Å². The summed E-state index contributed by atoms with van der Waals surface area (Å²) in [7, 11) is 0. The lowest BCUT2D eigenvalue weighted by Crippen LogP contribution is -2.31. The van der Waals surface area contributed by atoms with Crippen LogP contribution >= 0.6 is 23.2 Å². The predicted molar refractivity (Wildman–Crippen MR) is 87.7 cm³/mol. The SMILES string of the molecule is CC(C)c1nccnc1-n1c(=O)[nH]c(=O)c2c(Cl)cc(Cl)nc21. The van der Waals surface area contributed by atoms with E-state index < -0.39 is 11.2 Å². The summed E-state index contributed by atoms with van der Waals surface area (Å²) >= 11 is 12.0. The number of hydrogen-bond donors (Lipinski definition) is 1. The minimum atomic E-state index is -0.685. The van der Waals surface area contributed by atoms with E-state index in [0.29, 0.717) is 5.69 Å². The van der Waals surface area contributed by atoms with Crippen LogP contribution < -0.4 is 11.2 Å². The van der Waals surface area contributed by atoms with Crippen molar-refractivity contribution >= 4 is 34.2 Å². The van der Waals surface area contributed by atoms with Crippen molar-refractivity contribution in [1.82, 2.24) is 24.5 Å². The highest BCUT2D eigenvalue weighted by Crippen LogP contribution is 2.24. The minimum Gasteiger partial charge on any atom is -0.273 e. The fraction of sp³-hybridized carbons (Fsp3) is 0.214. The van der Waals surface area contributed by atoms with Gasteiger partial charge in [-0.3, -0.25) is 14.8 Å². The van der Waals surface area contributed by atoms with Crippen molar-refractivity contribution in [2.45, 2.75) is 19.8 Å². The summed E-state index contributed by atoms with van der Waals surface area (Å²) in [5.74, 6) is 0.279. The second-order valence-electron chi connectivity index (χ2n) is 5.14. The van der Waals surface area contributed by atoms with Crippen LogP contribution in [0.15, 0.2) is 28.0 Å². The van der Waals surface area contributed by atoms with Crippen molar-refractivity contribution < 1.29 is 0 Å². The Morgan fingerprint density at radius 2 is 1.87 bits per heavy atom. The van der Waals surface area contributed by atoms with Gasteiger partial charge in [-0.05, 0) is 12.0 Å². The van der Waals surface area contributed by atoms with E-state index in [1.165, 1.54) is 18.5 Å². The van der Waals surface area contributed by atoms with Gasteiger partial charge in [0.2, 0.25) is 0 Å². The number of nitrogens with one attached hydrogen (secondary N) is 1. The number of aromatic nitrogens is 5. The number of fused-ring (bicyclic) bond motifs is 1. The number of hydrogen-bond acceptors (Lipinski definition) is 5. The molecule has 0 amide bonds. The molecule has 3 aromatic rings. The first-order valence-corrected chi connectivity index (χ1v) is 7.48. The maximum Gasteiger partial charge on any atom is 0.335 e. The molecule has 0 aliphatic carbocycles. The first kappa shape index (κ1) is 15.6. The van der Waals surface area contributed by atoms with Gasteiger partial charge in [0.15, 0.2) is 11.5 Å². The van der Waals surface area contributed by atoms with E-state index >= 15 is 0 Å². The Kier molecular flexibility index (Phi) is 3.91. The van der Waals surface area contributed by atoms with Gasteiger partial charge in [0.25, 0.3) is 5.56 Å². The molecule has 0 bridgehead atoms. The Morgan fingerprint density at radius 1 is 1.17 bits per heavy atom. The lowest BCUT2D eigenvalue weighted by molar-refractivity contribution is 0.772. The third kappa shape index (κ3) is 2.62. The number of H-pyrrole nitrogens is 1. The summed E-state index contributed by atoms with van der Waals surface area (Å²) in [5.41, 5.74) is -0.694. The molecule has 0 radical (unpaired) electrons. The standard InChI is InChI=1S/C14H11Cl2N5O2/c1-6(2)10-12(18-4-3-17-10)21-11-9(13(22)20-14(21)23)7(15)5-8(16)19-11/h3-6H,1-2H3,(H,20,22,23). The van der Waals surface area contributed by atoms with Crippen LogP contribution in [-0.4, -0.2) is 24.5 Å². The highest BCUT2D eigenvalue weighted by Gasteiger charge is 2.19. The Bertz CT molecular complexity index is 1030. The minimum absolute atomic E-state index is 0.00207. The highest BCUT2D eigenvalue weighted by molar-refractivity contribution is 6.37. The molecule has 7 nitrogen and oxygen atoms in total. The Hall–Kier alpha value is -2.25. The molecule has 118 valence electrons. The quantitative estimate of drug-likeness (QED) is 0.715. The summed E-state index contributed by atoms with van der Waals surface area (Å²) < 4.78 is 1.16. The molecule has 0 saturated heterocycles. The number of aromatic amines is 1. The molecule has 0 saturated carbocycles. The Morgan fingerprint density at radius 3 is 2.57 bits per heavy atom. The van der Waals surface area contributed by atoms with E-state index in [0.717, 1.165) is 4.57 Å². The molecule has 0 fully saturated rings. The Labute approximate surface area is 140 Å². The Balaban J connectivity index is 2.54. The van der Waals surface area contributed by atoms with E-state index in [-0.39, 0.29) is 32.9 Å². The fourth-order valence-corrected chi connectivity index (χ4v) is 2.79. The number of pyridine rings is 1. The molecule has 0 aliphatic heterocycles. The van der Waals surface area contributed by atoms with Crippen molar-refractivity contribution in [3.8, 4) is 5.82 Å². The molecule has 3 aromatic heterocycles. The van der Waals surface area contributed by atoms with Crippen LogP contribution in [0.1, 0.15) is 25.5 Å². The first-order chi connectivity index (χ1) is 10.9. The molecule has 3 heterocycles. The molecule has 0 atom stereocenters. The monoisotopic (exact) mass is 351 g/mol. The third-order valence-corrected chi connectivity index (χ3v) is 3.74. The van der Waals surface area contributed by atoms with Gasteiger partial charge in [-0.1, -0.05) is 37.0 Å². The highest BCUT2D eigenvalue weighted by atomic mass is 35.5. The van der Waals surface area contributed by atoms with E-state index in [9.17, 15) is 9.59 Å². The second kappa shape index (κ2) is 5.75. The van der Waals surface area contributed by atoms with Crippen LogP contribution in [0, 0.1) is 0 Å². The van der Waals surface area contributed by atoms with E-state index in [2.05, 4.69) is 19.9 Å². The van der Waals surface area contributed by atoms with Gasteiger partial charge in [0, 0.05) is 12.4 Å². The molecular formula is C14H11Cl2N5O2. The first-order valence-electron chi connectivity index (χ1n) is 6.72. The van der Waals surface area contributed by atoms with Crippen molar-refractivity contribution in [1.29, 1.82) is 0 Å². The van der Waals surface area contributed by atoms with Gasteiger partial charge in [-0.25, -0.2) is 19.3 Å². The van der Waals surface area contributed by atoms with Crippen LogP contribution in [0.25, 0.3) is 16.9 Å². The van der Waals surface area contributed by atoms with Crippen LogP contribution in [-0.2, 0) is 0 Å². The van der Waals surface area contributed by atoms with Crippen LogP contribution in [0.2, 0.25) is 10.2 Å². The lowest BCUT2D eigenvalue weighted by atomic mass is 10.1. The smallest absolute Gasteiger partial charge is 0.273 e. The van der Waals surface area contributed by atoms with Crippen LogP contribution in [0.5, 0.6) is 0 Å². The maximum absolute atomic E-state index is 12.4. The van der Waals surface area contributed by atoms with Gasteiger partial charge >= 0.3 is 5.69 Å². The topological polar surface area (TPSA) is 93.5 Å².